The number of fused-ring (bicyclic) bond motifs is 1. The summed E-state index contributed by atoms with van der Waals surface area (Å²) in [7, 11) is 1.41. The Bertz CT molecular complexity index is 949. The minimum atomic E-state index is -1.31. The molecule has 2 aliphatic heterocycles. The molecule has 0 aromatic rings. The van der Waals surface area contributed by atoms with Gasteiger partial charge >= 0.3 is 12.1 Å². The van der Waals surface area contributed by atoms with Gasteiger partial charge in [-0.15, -0.1) is 23.4 Å². The topological polar surface area (TPSA) is 147 Å². The molecule has 3 atom stereocenters. The van der Waals surface area contributed by atoms with E-state index in [-0.39, 0.29) is 48.7 Å². The number of carbonyl (C=O) groups is 4. The van der Waals surface area contributed by atoms with Gasteiger partial charge in [-0.1, -0.05) is 23.4 Å². The number of ether oxygens (including phenoxy) is 1. The zero-order valence-corrected chi connectivity index (χ0v) is 19.2. The van der Waals surface area contributed by atoms with Crippen molar-refractivity contribution in [2.24, 2.45) is 11.1 Å². The molecule has 0 saturated carbocycles. The van der Waals surface area contributed by atoms with E-state index in [9.17, 15) is 24.3 Å². The lowest BCUT2D eigenvalue weighted by molar-refractivity contribution is -0.150. The molecule has 2 heterocycles. The number of aliphatic carboxylic acids is 1. The van der Waals surface area contributed by atoms with Gasteiger partial charge in [0.1, 0.15) is 30.8 Å². The molecule has 1 fully saturated rings. The Morgan fingerprint density at radius 1 is 1.36 bits per heavy atom. The molecule has 1 aliphatic carbocycles. The van der Waals surface area contributed by atoms with Crippen molar-refractivity contribution in [2.75, 3.05) is 31.9 Å². The molecule has 1 saturated heterocycles. The number of alkyl halides is 1. The summed E-state index contributed by atoms with van der Waals surface area (Å²) >= 11 is 6.78. The Morgan fingerprint density at radius 3 is 2.85 bits per heavy atom. The monoisotopic (exact) mass is 498 g/mol. The molecule has 1 unspecified atom stereocenters. The van der Waals surface area contributed by atoms with E-state index in [4.69, 9.17) is 21.2 Å². The summed E-state index contributed by atoms with van der Waals surface area (Å²) < 4.78 is 5.03. The summed E-state index contributed by atoms with van der Waals surface area (Å²) in [5.41, 5.74) is 0.649. The minimum absolute atomic E-state index is 0.0579. The number of thioether (sulfide) groups is 1. The van der Waals surface area contributed by atoms with Crippen LogP contribution in [-0.2, 0) is 24.0 Å². The highest BCUT2D eigenvalue weighted by molar-refractivity contribution is 8.00. The van der Waals surface area contributed by atoms with Gasteiger partial charge in [-0.05, 0) is 6.08 Å². The number of β-lactam (4-membered cyclic amide) rings is 1. The van der Waals surface area contributed by atoms with Crippen molar-refractivity contribution in [2.45, 2.75) is 17.8 Å². The van der Waals surface area contributed by atoms with Crippen molar-refractivity contribution < 1.29 is 33.9 Å². The molecule has 178 valence electrons. The average molecular weight is 499 g/mol. The molecule has 3 N–H and O–H groups in total. The highest BCUT2D eigenvalue weighted by atomic mass is 35.5. The Hall–Kier alpha value is -2.99. The molecule has 0 aromatic heterocycles. The minimum Gasteiger partial charge on any atom is -0.477 e. The first-order valence-corrected chi connectivity index (χ1v) is 11.6. The summed E-state index contributed by atoms with van der Waals surface area (Å²) in [6, 6.07) is -0.850. The van der Waals surface area contributed by atoms with Crippen LogP contribution in [-0.4, -0.2) is 82.9 Å². The Balaban J connectivity index is 1.62. The van der Waals surface area contributed by atoms with Gasteiger partial charge in [-0.2, -0.15) is 0 Å². The normalized spacial score (nSPS) is 24.8. The third kappa shape index (κ3) is 5.69. The summed E-state index contributed by atoms with van der Waals surface area (Å²) in [6.07, 6.45) is 6.44. The number of halogens is 1. The lowest BCUT2D eigenvalue weighted by Gasteiger charge is -2.49. The maximum absolute atomic E-state index is 12.7. The van der Waals surface area contributed by atoms with E-state index in [0.717, 1.165) is 4.90 Å². The Morgan fingerprint density at radius 2 is 2.15 bits per heavy atom. The SMILES string of the molecule is CON=C1C=CC=CC1CC(=O)N[C@@H]1C(=O)N2C(C(=O)O)=C(COC(=O)NCCCl)CS[C@H]12. The van der Waals surface area contributed by atoms with Crippen LogP contribution in [0.1, 0.15) is 6.42 Å². The number of nitrogens with zero attached hydrogens (tertiary/aromatic N) is 2. The molecule has 0 spiro atoms. The van der Waals surface area contributed by atoms with E-state index < -0.39 is 29.4 Å². The fraction of sp³-hybridized carbons (Fsp3) is 0.450. The summed E-state index contributed by atoms with van der Waals surface area (Å²) in [5.74, 6) is -2.08. The first-order chi connectivity index (χ1) is 15.9. The van der Waals surface area contributed by atoms with Gasteiger partial charge in [0.15, 0.2) is 0 Å². The molecule has 3 amide bonds. The average Bonchev–Trinajstić information content (AvgIpc) is 2.80. The summed E-state index contributed by atoms with van der Waals surface area (Å²) in [4.78, 5) is 54.7. The Labute approximate surface area is 198 Å². The van der Waals surface area contributed by atoms with Crippen LogP contribution in [0.4, 0.5) is 4.79 Å². The van der Waals surface area contributed by atoms with E-state index in [1.54, 1.807) is 18.2 Å². The van der Waals surface area contributed by atoms with Gasteiger partial charge in [0, 0.05) is 36.1 Å². The highest BCUT2D eigenvalue weighted by Gasteiger charge is 2.54. The number of carboxylic acid groups (broad SMARTS) is 1. The van der Waals surface area contributed by atoms with Crippen LogP contribution >= 0.6 is 23.4 Å². The smallest absolute Gasteiger partial charge is 0.407 e. The van der Waals surface area contributed by atoms with Crippen molar-refractivity contribution in [1.82, 2.24) is 15.5 Å². The second-order valence-corrected chi connectivity index (χ2v) is 8.64. The number of hydrogen-bond acceptors (Lipinski definition) is 8. The van der Waals surface area contributed by atoms with Crippen LogP contribution in [0, 0.1) is 5.92 Å². The standard InChI is InChI=1S/C20H23ClN4O7S/c1-31-24-13-5-3-2-4-11(13)8-14(26)23-15-17(27)25-16(19(28)29)12(10-33-18(15)25)9-32-20(30)22-7-6-21/h2-5,11,15,18H,6-10H2,1H3,(H,22,30)(H,23,26)(H,28,29)/t11?,15-,18-/m1/s1. The number of hydrogen-bond donors (Lipinski definition) is 3. The fourth-order valence-electron chi connectivity index (χ4n) is 3.53. The van der Waals surface area contributed by atoms with E-state index in [1.165, 1.54) is 18.9 Å². The third-order valence-corrected chi connectivity index (χ3v) is 6.54. The number of nitrogens with one attached hydrogen (secondary N) is 2. The number of carboxylic acids is 1. The molecule has 0 bridgehead atoms. The van der Waals surface area contributed by atoms with Crippen molar-refractivity contribution >= 4 is 53.0 Å². The predicted molar refractivity (Wildman–Crippen MR) is 121 cm³/mol. The first-order valence-electron chi connectivity index (χ1n) is 9.99. The predicted octanol–water partition coefficient (Wildman–Crippen LogP) is 0.825. The molecule has 0 aromatic carbocycles. The number of allylic oxidation sites excluding steroid dienone is 4. The molecule has 11 nitrogen and oxygen atoms in total. The zero-order valence-electron chi connectivity index (χ0n) is 17.7. The molecule has 33 heavy (non-hydrogen) atoms. The molecule has 3 rings (SSSR count). The lowest BCUT2D eigenvalue weighted by Crippen LogP contribution is -2.70. The Kier molecular flexibility index (Phi) is 8.39. The van der Waals surface area contributed by atoms with Gasteiger partial charge < -0.3 is 25.3 Å². The number of rotatable bonds is 9. The molecule has 0 radical (unpaired) electrons. The van der Waals surface area contributed by atoms with Crippen LogP contribution in [0.15, 0.2) is 40.7 Å². The fourth-order valence-corrected chi connectivity index (χ4v) is 4.95. The van der Waals surface area contributed by atoms with E-state index in [1.807, 2.05) is 6.08 Å². The second kappa shape index (κ2) is 11.2. The summed E-state index contributed by atoms with van der Waals surface area (Å²) in [5, 5.41) is 18.1. The number of amides is 3. The number of oxime groups is 1. The van der Waals surface area contributed by atoms with Crippen LogP contribution < -0.4 is 10.6 Å². The van der Waals surface area contributed by atoms with Crippen molar-refractivity contribution in [3.05, 3.63) is 35.6 Å². The van der Waals surface area contributed by atoms with Crippen molar-refractivity contribution in [3.8, 4) is 0 Å². The van der Waals surface area contributed by atoms with Crippen LogP contribution in [0.5, 0.6) is 0 Å². The quantitative estimate of drug-likeness (QED) is 0.240. The van der Waals surface area contributed by atoms with Crippen molar-refractivity contribution in [3.63, 3.8) is 0 Å². The van der Waals surface area contributed by atoms with Gasteiger partial charge in [-0.3, -0.25) is 14.5 Å². The molecular weight excluding hydrogens is 476 g/mol. The maximum Gasteiger partial charge on any atom is 0.407 e. The first kappa shape index (κ1) is 24.6. The summed E-state index contributed by atoms with van der Waals surface area (Å²) in [6.45, 7) is -0.0702. The van der Waals surface area contributed by atoms with Gasteiger partial charge in [0.25, 0.3) is 5.91 Å². The van der Waals surface area contributed by atoms with E-state index >= 15 is 0 Å². The maximum atomic E-state index is 12.7. The number of carbonyl (C=O) groups excluding carboxylic acids is 3. The highest BCUT2D eigenvalue weighted by Crippen LogP contribution is 2.40. The van der Waals surface area contributed by atoms with E-state index in [2.05, 4.69) is 15.8 Å². The van der Waals surface area contributed by atoms with Gasteiger partial charge in [0.05, 0.1) is 5.71 Å². The molecular formula is C20H23ClN4O7S. The largest absolute Gasteiger partial charge is 0.477 e. The van der Waals surface area contributed by atoms with Crippen molar-refractivity contribution in [1.29, 1.82) is 0 Å². The van der Waals surface area contributed by atoms with Crippen LogP contribution in [0.25, 0.3) is 0 Å². The lowest BCUT2D eigenvalue weighted by atomic mass is 9.94. The third-order valence-electron chi connectivity index (χ3n) is 5.01. The zero-order chi connectivity index (χ0) is 24.0. The molecule has 13 heteroatoms. The molecule has 3 aliphatic rings. The van der Waals surface area contributed by atoms with Gasteiger partial charge in [0.2, 0.25) is 5.91 Å². The second-order valence-electron chi connectivity index (χ2n) is 7.16. The van der Waals surface area contributed by atoms with Crippen LogP contribution in [0.3, 0.4) is 0 Å². The van der Waals surface area contributed by atoms with Crippen LogP contribution in [0.2, 0.25) is 0 Å². The van der Waals surface area contributed by atoms with E-state index in [0.29, 0.717) is 11.3 Å². The number of alkyl carbamates (subject to hydrolysis) is 1. The van der Waals surface area contributed by atoms with Gasteiger partial charge in [-0.25, -0.2) is 9.59 Å².